The summed E-state index contributed by atoms with van der Waals surface area (Å²) in [7, 11) is -2.53. The monoisotopic (exact) mass is 160 g/mol. The van der Waals surface area contributed by atoms with Crippen LogP contribution in [0.1, 0.15) is 0 Å². The third kappa shape index (κ3) is 2.08. The first-order valence-corrected chi connectivity index (χ1v) is 3.26. The van der Waals surface area contributed by atoms with Crippen molar-refractivity contribution in [3.63, 3.8) is 0 Å². The number of rotatable bonds is 0. The van der Waals surface area contributed by atoms with E-state index in [4.69, 9.17) is 0 Å². The van der Waals surface area contributed by atoms with E-state index in [1.54, 1.807) is 0 Å². The summed E-state index contributed by atoms with van der Waals surface area (Å²) in [6.45, 7) is -1.73. The van der Waals surface area contributed by atoms with Gasteiger partial charge >= 0.3 is 8.69 Å². The predicted molar refractivity (Wildman–Crippen MR) is 24.9 cm³/mol. The Morgan fingerprint density at radius 2 is 1.67 bits per heavy atom. The first kappa shape index (κ1) is 7.25. The Morgan fingerprint density at radius 3 is 2.00 bits per heavy atom. The highest BCUT2D eigenvalue weighted by atomic mass is 31.2. The lowest BCUT2D eigenvalue weighted by molar-refractivity contribution is -0.100. The highest BCUT2D eigenvalue weighted by Crippen LogP contribution is 2.45. The van der Waals surface area contributed by atoms with Gasteiger partial charge in [-0.25, -0.2) is 8.78 Å². The van der Waals surface area contributed by atoms with Gasteiger partial charge in [0.25, 0.3) is 5.92 Å². The lowest BCUT2D eigenvalue weighted by atomic mass is 10.4. The zero-order valence-corrected chi connectivity index (χ0v) is 5.21. The topological polar surface area (TPSA) is 18.5 Å². The van der Waals surface area contributed by atoms with Crippen molar-refractivity contribution < 1.29 is 22.0 Å². The van der Waals surface area contributed by atoms with Crippen LogP contribution in [-0.2, 0) is 9.05 Å². The van der Waals surface area contributed by atoms with E-state index in [-0.39, 0.29) is 0 Å². The molecule has 0 N–H and O–H groups in total. The van der Waals surface area contributed by atoms with E-state index < -0.39 is 27.8 Å². The summed E-state index contributed by atoms with van der Waals surface area (Å²) in [5.41, 5.74) is 0. The van der Waals surface area contributed by atoms with Crippen molar-refractivity contribution in [2.24, 2.45) is 0 Å². The molecule has 1 aliphatic heterocycles. The molecule has 1 rings (SSSR count). The summed E-state index contributed by atoms with van der Waals surface area (Å²) in [5.74, 6) is -3.01. The van der Waals surface area contributed by atoms with Gasteiger partial charge in [0.2, 0.25) is 0 Å². The molecule has 0 spiro atoms. The van der Waals surface area contributed by atoms with Gasteiger partial charge < -0.3 is 9.05 Å². The van der Waals surface area contributed by atoms with Crippen molar-refractivity contribution in [3.05, 3.63) is 0 Å². The average Bonchev–Trinajstić information content (AvgIpc) is 1.78. The van der Waals surface area contributed by atoms with Gasteiger partial charge in [-0.1, -0.05) is 0 Å². The van der Waals surface area contributed by atoms with Crippen molar-refractivity contribution in [2.45, 2.75) is 5.92 Å². The van der Waals surface area contributed by atoms with Crippen LogP contribution in [0.4, 0.5) is 13.0 Å². The first-order chi connectivity index (χ1) is 4.10. The summed E-state index contributed by atoms with van der Waals surface area (Å²) in [4.78, 5) is 0. The van der Waals surface area contributed by atoms with Gasteiger partial charge in [0.1, 0.15) is 13.2 Å². The molecule has 0 unspecified atom stereocenters. The molecule has 0 bridgehead atoms. The van der Waals surface area contributed by atoms with E-state index in [0.29, 0.717) is 0 Å². The molecule has 54 valence electrons. The van der Waals surface area contributed by atoms with Crippen molar-refractivity contribution in [1.82, 2.24) is 0 Å². The van der Waals surface area contributed by atoms with E-state index in [1.165, 1.54) is 0 Å². The van der Waals surface area contributed by atoms with Crippen LogP contribution in [-0.4, -0.2) is 19.1 Å². The Morgan fingerprint density at radius 1 is 1.22 bits per heavy atom. The Labute approximate surface area is 51.0 Å². The Kier molecular flexibility index (Phi) is 1.94. The SMILES string of the molecule is FP1OCC(F)(F)CO1. The van der Waals surface area contributed by atoms with Crippen molar-refractivity contribution in [2.75, 3.05) is 13.2 Å². The summed E-state index contributed by atoms with van der Waals surface area (Å²) in [6.07, 6.45) is 0. The van der Waals surface area contributed by atoms with Crippen molar-refractivity contribution in [3.8, 4) is 0 Å². The van der Waals surface area contributed by atoms with Gasteiger partial charge in [-0.2, -0.15) is 4.20 Å². The molecule has 0 aliphatic carbocycles. The number of hydrogen-bond donors (Lipinski definition) is 0. The fourth-order valence-corrected chi connectivity index (χ4v) is 1.02. The zero-order chi connectivity index (χ0) is 6.91. The molecule has 2 nitrogen and oxygen atoms in total. The largest absolute Gasteiger partial charge is 0.375 e. The smallest absolute Gasteiger partial charge is 0.303 e. The molecule has 0 saturated carbocycles. The summed E-state index contributed by atoms with van der Waals surface area (Å²) >= 11 is 0. The molecule has 1 aliphatic rings. The molecule has 0 amide bonds. The second kappa shape index (κ2) is 2.40. The van der Waals surface area contributed by atoms with Crippen LogP contribution in [0.15, 0.2) is 0 Å². The maximum atomic E-state index is 12.0. The van der Waals surface area contributed by atoms with Crippen LogP contribution in [0.2, 0.25) is 0 Å². The summed E-state index contributed by atoms with van der Waals surface area (Å²) in [5, 5.41) is 0. The minimum absolute atomic E-state index is 0.866. The molecule has 0 radical (unpaired) electrons. The summed E-state index contributed by atoms with van der Waals surface area (Å²) in [6, 6.07) is 0. The molecule has 1 heterocycles. The molecular weight excluding hydrogens is 156 g/mol. The van der Waals surface area contributed by atoms with Crippen LogP contribution in [0, 0.1) is 0 Å². The molecule has 6 heteroatoms. The van der Waals surface area contributed by atoms with Crippen LogP contribution < -0.4 is 0 Å². The van der Waals surface area contributed by atoms with Crippen LogP contribution in [0.25, 0.3) is 0 Å². The molecule has 0 aromatic carbocycles. The van der Waals surface area contributed by atoms with Crippen LogP contribution >= 0.6 is 8.69 Å². The van der Waals surface area contributed by atoms with Gasteiger partial charge in [-0.15, -0.1) is 0 Å². The second-order valence-corrected chi connectivity index (χ2v) is 2.56. The van der Waals surface area contributed by atoms with Crippen LogP contribution in [0.5, 0.6) is 0 Å². The van der Waals surface area contributed by atoms with Crippen LogP contribution in [0.3, 0.4) is 0 Å². The zero-order valence-electron chi connectivity index (χ0n) is 4.31. The first-order valence-electron chi connectivity index (χ1n) is 2.20. The van der Waals surface area contributed by atoms with E-state index >= 15 is 0 Å². The Bertz CT molecular complexity index is 99.2. The standard InChI is InChI=1S/C3H4F3O2P/c4-3(5)1-7-9(6)8-2-3/h1-2H2. The van der Waals surface area contributed by atoms with Gasteiger partial charge in [-0.3, -0.25) is 0 Å². The fraction of sp³-hybridized carbons (Fsp3) is 1.00. The van der Waals surface area contributed by atoms with Gasteiger partial charge in [0.15, 0.2) is 0 Å². The number of alkyl halides is 2. The second-order valence-electron chi connectivity index (χ2n) is 1.62. The number of hydrogen-bond acceptors (Lipinski definition) is 2. The molecule has 0 aromatic rings. The lowest BCUT2D eigenvalue weighted by Crippen LogP contribution is -2.31. The van der Waals surface area contributed by atoms with Gasteiger partial charge in [0.05, 0.1) is 0 Å². The van der Waals surface area contributed by atoms with E-state index in [2.05, 4.69) is 9.05 Å². The fourth-order valence-electron chi connectivity index (χ4n) is 0.369. The molecule has 1 fully saturated rings. The molecule has 1 saturated heterocycles. The maximum absolute atomic E-state index is 12.0. The third-order valence-electron chi connectivity index (χ3n) is 0.754. The molecule has 9 heavy (non-hydrogen) atoms. The van der Waals surface area contributed by atoms with Gasteiger partial charge in [-0.05, 0) is 0 Å². The Balaban J connectivity index is 2.35. The maximum Gasteiger partial charge on any atom is 0.375 e. The average molecular weight is 160 g/mol. The predicted octanol–water partition coefficient (Wildman–Crippen LogP) is 1.86. The highest BCUT2D eigenvalue weighted by Gasteiger charge is 2.37. The number of halogens is 3. The quantitative estimate of drug-likeness (QED) is 0.503. The van der Waals surface area contributed by atoms with Gasteiger partial charge in [0, 0.05) is 0 Å². The Hall–Kier alpha value is 0.140. The third-order valence-corrected chi connectivity index (χ3v) is 1.42. The highest BCUT2D eigenvalue weighted by molar-refractivity contribution is 7.41. The molecule has 0 aromatic heterocycles. The minimum atomic E-state index is -3.01. The lowest BCUT2D eigenvalue weighted by Gasteiger charge is -2.22. The van der Waals surface area contributed by atoms with E-state index in [1.807, 2.05) is 0 Å². The normalized spacial score (nSPS) is 28.3. The molecular formula is C3H4F3O2P. The van der Waals surface area contributed by atoms with Crippen molar-refractivity contribution in [1.29, 1.82) is 0 Å². The molecule has 0 atom stereocenters. The van der Waals surface area contributed by atoms with E-state index in [0.717, 1.165) is 0 Å². The summed E-state index contributed by atoms with van der Waals surface area (Å²) < 4.78 is 43.6. The van der Waals surface area contributed by atoms with E-state index in [9.17, 15) is 13.0 Å². The van der Waals surface area contributed by atoms with Crippen molar-refractivity contribution >= 4 is 8.69 Å². The minimum Gasteiger partial charge on any atom is -0.303 e.